The quantitative estimate of drug-likeness (QED) is 0.0475. The number of carbonyl (C=O) groups is 13. The molecule has 0 radical (unpaired) electrons. The van der Waals surface area contributed by atoms with Crippen LogP contribution in [-0.4, -0.2) is 132 Å². The number of rotatable bonds is 18. The van der Waals surface area contributed by atoms with Gasteiger partial charge in [-0.1, -0.05) is 19.3 Å². The summed E-state index contributed by atoms with van der Waals surface area (Å²) in [6.07, 6.45) is 14.3. The zero-order valence-corrected chi connectivity index (χ0v) is 33.2. The molecule has 0 aromatic heterocycles. The molecule has 0 aliphatic carbocycles. The highest BCUT2D eigenvalue weighted by atomic mass is 16.7. The average Bonchev–Trinajstić information content (AvgIpc) is 4.00. The second-order valence-corrected chi connectivity index (χ2v) is 13.0. The highest BCUT2D eigenvalue weighted by molar-refractivity contribution is 6.13. The van der Waals surface area contributed by atoms with Gasteiger partial charge in [-0.25, -0.2) is 14.4 Å². The standard InChI is InChI=1S/C14H16N2O6.C10H13NO4.C6H13NO2.C4H5NO3.C4H2O3/c17-10-5-6-11(18)15(10)9-3-1-2-4-14(21)22-16-12(19)7-8-13(16)20;12-8-5-6-9(13)11(8)7-3-1-2-4-10(14)15;7-5-3-1-2-4-6(8)9;6-3-1-2-4(7)5(3)8;5-3-1-2-4(6)7-3/h5-6H,1-4,7-9H2;5-6H,1-4,7H2,(H,14,15);1-5,7H2,(H,8,9);8H,1-2H2;1-2H. The van der Waals surface area contributed by atoms with Gasteiger partial charge in [-0.2, -0.15) is 5.06 Å². The lowest BCUT2D eigenvalue weighted by Gasteiger charge is -2.14. The molecule has 0 spiro atoms. The SMILES string of the molecule is NCCCCCC(=O)O.O=C(CCCCCN1C(=O)C=CC1=O)ON1C(=O)CCC1=O.O=C(O)CCCCCN1C(=O)C=CC1=O.O=C1C=CC(=O)O1.O=C1CCC(=O)N1O. The summed E-state index contributed by atoms with van der Waals surface area (Å²) in [6.45, 7) is 1.35. The summed E-state index contributed by atoms with van der Waals surface area (Å²) in [5.41, 5.74) is 5.20. The molecule has 61 heavy (non-hydrogen) atoms. The molecule has 5 aliphatic rings. The van der Waals surface area contributed by atoms with Crippen LogP contribution in [0.15, 0.2) is 36.5 Å². The van der Waals surface area contributed by atoms with Gasteiger partial charge in [0, 0.05) is 94.5 Å². The number of carbonyl (C=O) groups excluding carboxylic acids is 11. The van der Waals surface area contributed by atoms with E-state index in [0.29, 0.717) is 63.2 Å². The molecule has 0 bridgehead atoms. The number of carboxylic acid groups (broad SMARTS) is 2. The van der Waals surface area contributed by atoms with Crippen molar-refractivity contribution in [2.75, 3.05) is 19.6 Å². The van der Waals surface area contributed by atoms with Gasteiger partial charge in [0.25, 0.3) is 47.3 Å². The van der Waals surface area contributed by atoms with E-state index in [4.69, 9.17) is 26.0 Å². The number of nitrogens with two attached hydrogens (primary N) is 1. The summed E-state index contributed by atoms with van der Waals surface area (Å²) in [6, 6.07) is 0. The summed E-state index contributed by atoms with van der Waals surface area (Å²) in [5.74, 6) is -6.55. The molecular weight excluding hydrogens is 814 g/mol. The Morgan fingerprint density at radius 1 is 0.525 bits per heavy atom. The van der Waals surface area contributed by atoms with Crippen molar-refractivity contribution >= 4 is 77.1 Å². The first kappa shape index (κ1) is 52.3. The number of hydroxylamine groups is 4. The number of hydrogen-bond acceptors (Lipinski definition) is 17. The molecule has 8 amide bonds. The van der Waals surface area contributed by atoms with Crippen molar-refractivity contribution in [2.45, 2.75) is 103 Å². The Hall–Kier alpha value is -6.75. The fourth-order valence-electron chi connectivity index (χ4n) is 5.01. The molecular formula is C38H49N5O18. The molecule has 5 rings (SSSR count). The minimum Gasteiger partial charge on any atom is -0.481 e. The Morgan fingerprint density at radius 3 is 1.20 bits per heavy atom. The van der Waals surface area contributed by atoms with Crippen molar-refractivity contribution in [2.24, 2.45) is 5.73 Å². The van der Waals surface area contributed by atoms with Gasteiger partial charge >= 0.3 is 29.8 Å². The molecule has 0 aromatic carbocycles. The van der Waals surface area contributed by atoms with Crippen LogP contribution in [0, 0.1) is 0 Å². The largest absolute Gasteiger partial charge is 0.481 e. The molecule has 334 valence electrons. The summed E-state index contributed by atoms with van der Waals surface area (Å²) in [5, 5.41) is 25.7. The van der Waals surface area contributed by atoms with E-state index >= 15 is 0 Å². The van der Waals surface area contributed by atoms with E-state index in [2.05, 4.69) is 4.74 Å². The number of hydrogen-bond donors (Lipinski definition) is 4. The van der Waals surface area contributed by atoms with Crippen LogP contribution in [-0.2, 0) is 71.9 Å². The summed E-state index contributed by atoms with van der Waals surface area (Å²) < 4.78 is 3.97. The van der Waals surface area contributed by atoms with Crippen LogP contribution in [0.2, 0.25) is 0 Å². The third-order valence-corrected chi connectivity index (χ3v) is 8.21. The Bertz CT molecular complexity index is 1690. The monoisotopic (exact) mass is 863 g/mol. The zero-order valence-electron chi connectivity index (χ0n) is 33.2. The molecule has 0 atom stereocenters. The van der Waals surface area contributed by atoms with Gasteiger partial charge in [0.1, 0.15) is 0 Å². The van der Waals surface area contributed by atoms with E-state index in [1.807, 2.05) is 0 Å². The van der Waals surface area contributed by atoms with E-state index in [9.17, 15) is 62.3 Å². The molecule has 2 fully saturated rings. The second-order valence-electron chi connectivity index (χ2n) is 13.0. The Morgan fingerprint density at radius 2 is 0.885 bits per heavy atom. The maximum atomic E-state index is 11.5. The maximum absolute atomic E-state index is 11.5. The number of ether oxygens (including phenoxy) is 1. The zero-order chi connectivity index (χ0) is 45.9. The van der Waals surface area contributed by atoms with Crippen molar-refractivity contribution < 1.29 is 87.3 Å². The minimum atomic E-state index is -0.815. The van der Waals surface area contributed by atoms with Crippen LogP contribution in [0.5, 0.6) is 0 Å². The highest BCUT2D eigenvalue weighted by Crippen LogP contribution is 2.14. The molecule has 23 heteroatoms. The number of nitrogens with zero attached hydrogens (tertiary/aromatic N) is 4. The topological polar surface area (TPSA) is 340 Å². The van der Waals surface area contributed by atoms with E-state index in [1.165, 1.54) is 29.2 Å². The third kappa shape index (κ3) is 21.7. The normalized spacial score (nSPS) is 16.2. The lowest BCUT2D eigenvalue weighted by atomic mass is 10.2. The first-order chi connectivity index (χ1) is 28.9. The minimum absolute atomic E-state index is 0.0667. The lowest BCUT2D eigenvalue weighted by Crippen LogP contribution is -2.32. The first-order valence-electron chi connectivity index (χ1n) is 19.1. The van der Waals surface area contributed by atoms with E-state index < -0.39 is 53.5 Å². The Labute approximate surface area is 348 Å². The number of imide groups is 4. The van der Waals surface area contributed by atoms with E-state index in [1.54, 1.807) is 0 Å². The number of amides is 8. The smallest absolute Gasteiger partial charge is 0.338 e. The van der Waals surface area contributed by atoms with Crippen molar-refractivity contribution in [1.82, 2.24) is 19.9 Å². The molecule has 0 aromatic rings. The molecule has 2 saturated heterocycles. The fourth-order valence-corrected chi connectivity index (χ4v) is 5.01. The predicted molar refractivity (Wildman–Crippen MR) is 202 cm³/mol. The molecule has 0 unspecified atom stereocenters. The van der Waals surface area contributed by atoms with Gasteiger partial charge in [0.2, 0.25) is 0 Å². The van der Waals surface area contributed by atoms with Crippen molar-refractivity contribution in [3.63, 3.8) is 0 Å². The Balaban J connectivity index is 0.000000412. The van der Waals surface area contributed by atoms with Gasteiger partial charge in [-0.3, -0.25) is 63.0 Å². The molecule has 23 nitrogen and oxygen atoms in total. The maximum Gasteiger partial charge on any atom is 0.338 e. The second kappa shape index (κ2) is 28.6. The van der Waals surface area contributed by atoms with Crippen LogP contribution in [0.3, 0.4) is 0 Å². The van der Waals surface area contributed by atoms with Crippen LogP contribution in [0.25, 0.3) is 0 Å². The van der Waals surface area contributed by atoms with Crippen LogP contribution >= 0.6 is 0 Å². The summed E-state index contributed by atoms with van der Waals surface area (Å²) in [7, 11) is 0. The van der Waals surface area contributed by atoms with Gasteiger partial charge in [-0.15, -0.1) is 5.06 Å². The van der Waals surface area contributed by atoms with Gasteiger partial charge < -0.3 is 25.5 Å². The molecule has 5 N–H and O–H groups in total. The summed E-state index contributed by atoms with van der Waals surface area (Å²) in [4.78, 5) is 146. The van der Waals surface area contributed by atoms with Crippen LogP contribution in [0.1, 0.15) is 103 Å². The van der Waals surface area contributed by atoms with Gasteiger partial charge in [0.15, 0.2) is 0 Å². The first-order valence-corrected chi connectivity index (χ1v) is 19.1. The number of aliphatic carboxylic acids is 2. The van der Waals surface area contributed by atoms with E-state index in [-0.39, 0.29) is 73.6 Å². The van der Waals surface area contributed by atoms with E-state index in [0.717, 1.165) is 36.3 Å². The van der Waals surface area contributed by atoms with Crippen molar-refractivity contribution in [3.8, 4) is 0 Å². The van der Waals surface area contributed by atoms with Crippen LogP contribution < -0.4 is 5.73 Å². The van der Waals surface area contributed by atoms with Gasteiger partial charge in [0.05, 0.1) is 0 Å². The highest BCUT2D eigenvalue weighted by Gasteiger charge is 2.33. The molecule has 0 saturated carbocycles. The predicted octanol–water partition coefficient (Wildman–Crippen LogP) is 0.376. The number of carboxylic acids is 2. The third-order valence-electron chi connectivity index (χ3n) is 8.21. The average molecular weight is 864 g/mol. The lowest BCUT2D eigenvalue weighted by molar-refractivity contribution is -0.197. The fraction of sp³-hybridized carbons (Fsp3) is 0.500. The molecule has 5 heterocycles. The summed E-state index contributed by atoms with van der Waals surface area (Å²) >= 11 is 0. The van der Waals surface area contributed by atoms with Crippen molar-refractivity contribution in [3.05, 3.63) is 36.5 Å². The number of esters is 2. The molecule has 5 aliphatic heterocycles. The van der Waals surface area contributed by atoms with Crippen LogP contribution in [0.4, 0.5) is 0 Å². The Kier molecular flexibility index (Phi) is 24.5. The van der Waals surface area contributed by atoms with Crippen molar-refractivity contribution in [1.29, 1.82) is 0 Å². The number of unbranched alkanes of at least 4 members (excludes halogenated alkanes) is 6. The van der Waals surface area contributed by atoms with Gasteiger partial charge in [-0.05, 0) is 45.1 Å². The number of cyclic esters (lactones) is 2.